The number of hydrogen-bond acceptors (Lipinski definition) is 5. The molecule has 0 bridgehead atoms. The van der Waals surface area contributed by atoms with Crippen LogP contribution >= 0.6 is 22.9 Å². The third-order valence-electron chi connectivity index (χ3n) is 5.68. The van der Waals surface area contributed by atoms with Gasteiger partial charge in [-0.1, -0.05) is 29.8 Å². The molecule has 0 spiro atoms. The molecule has 1 saturated heterocycles. The van der Waals surface area contributed by atoms with Crippen LogP contribution in [0.5, 0.6) is 0 Å². The molecule has 1 aliphatic rings. The number of aromatic nitrogens is 2. The van der Waals surface area contributed by atoms with Crippen molar-refractivity contribution in [2.24, 2.45) is 5.92 Å². The lowest BCUT2D eigenvalue weighted by Gasteiger charge is -2.33. The number of thiophene rings is 1. The molecule has 0 unspecified atom stereocenters. The summed E-state index contributed by atoms with van der Waals surface area (Å²) in [5.74, 6) is 0.414. The summed E-state index contributed by atoms with van der Waals surface area (Å²) in [6.45, 7) is 1.86. The number of benzene rings is 2. The molecule has 1 N–H and O–H groups in total. The van der Waals surface area contributed by atoms with Gasteiger partial charge in [0.1, 0.15) is 18.0 Å². The molecule has 5 nitrogen and oxygen atoms in total. The molecule has 1 atom stereocenters. The van der Waals surface area contributed by atoms with Crippen molar-refractivity contribution >= 4 is 55.0 Å². The zero-order valence-corrected chi connectivity index (χ0v) is 18.2. The van der Waals surface area contributed by atoms with Gasteiger partial charge in [0, 0.05) is 29.4 Å². The first-order chi connectivity index (χ1) is 15.1. The zero-order chi connectivity index (χ0) is 21.4. The Morgan fingerprint density at radius 2 is 2.06 bits per heavy atom. The van der Waals surface area contributed by atoms with E-state index in [4.69, 9.17) is 11.6 Å². The number of fused-ring (bicyclic) bond motifs is 3. The Morgan fingerprint density at radius 3 is 2.90 bits per heavy atom. The molecule has 0 radical (unpaired) electrons. The number of hydrogen-bond donors (Lipinski definition) is 1. The van der Waals surface area contributed by atoms with Gasteiger partial charge in [0.2, 0.25) is 5.91 Å². The maximum Gasteiger partial charge on any atom is 0.225 e. The Bertz CT molecular complexity index is 1260. The highest BCUT2D eigenvalue weighted by Crippen LogP contribution is 2.39. The smallest absolute Gasteiger partial charge is 0.225 e. The lowest BCUT2D eigenvalue weighted by molar-refractivity contribution is -0.125. The number of anilines is 1. The molecule has 5 rings (SSSR count). The maximum atomic E-state index is 14.4. The monoisotopic (exact) mass is 454 g/mol. The van der Waals surface area contributed by atoms with Gasteiger partial charge in [-0.3, -0.25) is 4.79 Å². The van der Waals surface area contributed by atoms with Crippen LogP contribution in [0.1, 0.15) is 18.4 Å². The largest absolute Gasteiger partial charge is 0.355 e. The number of halogens is 2. The van der Waals surface area contributed by atoms with Crippen LogP contribution in [-0.2, 0) is 11.3 Å². The Labute approximate surface area is 187 Å². The van der Waals surface area contributed by atoms with Gasteiger partial charge in [-0.05, 0) is 42.7 Å². The molecule has 4 aromatic rings. The second-order valence-corrected chi connectivity index (χ2v) is 9.21. The first-order valence-electron chi connectivity index (χ1n) is 10.2. The van der Waals surface area contributed by atoms with E-state index in [9.17, 15) is 9.18 Å². The number of nitrogens with one attached hydrogen (secondary N) is 1. The normalized spacial score (nSPS) is 16.7. The first-order valence-corrected chi connectivity index (χ1v) is 11.4. The van der Waals surface area contributed by atoms with Crippen molar-refractivity contribution in [3.8, 4) is 0 Å². The van der Waals surface area contributed by atoms with Crippen LogP contribution < -0.4 is 10.2 Å². The summed E-state index contributed by atoms with van der Waals surface area (Å²) in [6, 6.07) is 12.5. The van der Waals surface area contributed by atoms with Gasteiger partial charge < -0.3 is 10.2 Å². The van der Waals surface area contributed by atoms with E-state index in [0.29, 0.717) is 29.0 Å². The molecule has 2 aromatic carbocycles. The van der Waals surface area contributed by atoms with Crippen molar-refractivity contribution in [2.75, 3.05) is 18.0 Å². The Balaban J connectivity index is 1.36. The molecule has 1 aliphatic heterocycles. The van der Waals surface area contributed by atoms with E-state index in [2.05, 4.69) is 20.2 Å². The fourth-order valence-corrected chi connectivity index (χ4v) is 5.42. The second-order valence-electron chi connectivity index (χ2n) is 7.72. The van der Waals surface area contributed by atoms with E-state index in [1.165, 1.54) is 23.7 Å². The molecule has 31 heavy (non-hydrogen) atoms. The van der Waals surface area contributed by atoms with E-state index in [1.54, 1.807) is 6.07 Å². The molecular formula is C23H20ClFN4OS. The number of nitrogens with zero attached hydrogens (tertiary/aromatic N) is 3. The molecular weight excluding hydrogens is 435 g/mol. The summed E-state index contributed by atoms with van der Waals surface area (Å²) >= 11 is 7.42. The minimum Gasteiger partial charge on any atom is -0.355 e. The third kappa shape index (κ3) is 3.95. The average molecular weight is 455 g/mol. The molecule has 1 amide bonds. The second kappa shape index (κ2) is 8.40. The number of amides is 1. The van der Waals surface area contributed by atoms with Gasteiger partial charge >= 0.3 is 0 Å². The van der Waals surface area contributed by atoms with E-state index < -0.39 is 0 Å². The van der Waals surface area contributed by atoms with Gasteiger partial charge in [0.25, 0.3) is 0 Å². The molecule has 3 heterocycles. The topological polar surface area (TPSA) is 58.1 Å². The van der Waals surface area contributed by atoms with Gasteiger partial charge in [-0.15, -0.1) is 11.3 Å². The molecule has 2 aromatic heterocycles. The molecule has 0 saturated carbocycles. The van der Waals surface area contributed by atoms with Crippen molar-refractivity contribution < 1.29 is 9.18 Å². The van der Waals surface area contributed by atoms with Crippen LogP contribution in [0.25, 0.3) is 20.3 Å². The summed E-state index contributed by atoms with van der Waals surface area (Å²) in [7, 11) is 0. The molecule has 158 valence electrons. The summed E-state index contributed by atoms with van der Waals surface area (Å²) < 4.78 is 16.1. The van der Waals surface area contributed by atoms with Crippen LogP contribution in [0.4, 0.5) is 10.2 Å². The Hall–Kier alpha value is -2.77. The Kier molecular flexibility index (Phi) is 5.46. The van der Waals surface area contributed by atoms with Crippen LogP contribution in [0.2, 0.25) is 5.02 Å². The third-order valence-corrected chi connectivity index (χ3v) is 7.07. The van der Waals surface area contributed by atoms with Crippen molar-refractivity contribution in [1.82, 2.24) is 15.3 Å². The van der Waals surface area contributed by atoms with Crippen LogP contribution in [0.15, 0.2) is 48.8 Å². The maximum absolute atomic E-state index is 14.4. The molecule has 1 fully saturated rings. The summed E-state index contributed by atoms with van der Waals surface area (Å²) in [5, 5.41) is 4.26. The SMILES string of the molecule is O=C(NCc1ccc(Cl)cc1)[C@@H]1CCCN(c2ncnc3c2sc2cccc(F)c23)C1. The molecule has 0 aliphatic carbocycles. The number of carbonyl (C=O) groups is 1. The highest BCUT2D eigenvalue weighted by Gasteiger charge is 2.28. The van der Waals surface area contributed by atoms with Crippen molar-refractivity contribution in [3.63, 3.8) is 0 Å². The lowest BCUT2D eigenvalue weighted by Crippen LogP contribution is -2.43. The summed E-state index contributed by atoms with van der Waals surface area (Å²) in [6.07, 6.45) is 3.21. The number of piperidine rings is 1. The van der Waals surface area contributed by atoms with E-state index >= 15 is 0 Å². The van der Waals surface area contributed by atoms with Gasteiger partial charge in [0.05, 0.1) is 21.5 Å². The number of rotatable bonds is 4. The lowest BCUT2D eigenvalue weighted by atomic mass is 9.97. The highest BCUT2D eigenvalue weighted by atomic mass is 35.5. The minimum absolute atomic E-state index is 0.0346. The van der Waals surface area contributed by atoms with Crippen molar-refractivity contribution in [3.05, 3.63) is 65.2 Å². The molecule has 8 heteroatoms. The predicted molar refractivity (Wildman–Crippen MR) is 123 cm³/mol. The quantitative estimate of drug-likeness (QED) is 0.462. The van der Waals surface area contributed by atoms with Gasteiger partial charge in [-0.2, -0.15) is 0 Å². The first kappa shape index (κ1) is 20.2. The zero-order valence-electron chi connectivity index (χ0n) is 16.6. The van der Waals surface area contributed by atoms with Gasteiger partial charge in [-0.25, -0.2) is 14.4 Å². The van der Waals surface area contributed by atoms with Crippen molar-refractivity contribution in [1.29, 1.82) is 0 Å². The average Bonchev–Trinajstić information content (AvgIpc) is 3.18. The van der Waals surface area contributed by atoms with E-state index in [-0.39, 0.29) is 17.6 Å². The minimum atomic E-state index is -0.272. The van der Waals surface area contributed by atoms with Crippen molar-refractivity contribution in [2.45, 2.75) is 19.4 Å². The summed E-state index contributed by atoms with van der Waals surface area (Å²) in [5.41, 5.74) is 1.65. The van der Waals surface area contributed by atoms with Crippen LogP contribution in [0.3, 0.4) is 0 Å². The Morgan fingerprint density at radius 1 is 1.23 bits per heavy atom. The fourth-order valence-electron chi connectivity index (χ4n) is 4.11. The van der Waals surface area contributed by atoms with Crippen LogP contribution in [-0.4, -0.2) is 29.0 Å². The number of carbonyl (C=O) groups excluding carboxylic acids is 1. The highest BCUT2D eigenvalue weighted by molar-refractivity contribution is 7.26. The van der Waals surface area contributed by atoms with Crippen LogP contribution in [0, 0.1) is 11.7 Å². The fraction of sp³-hybridized carbons (Fsp3) is 0.261. The van der Waals surface area contributed by atoms with E-state index in [1.807, 2.05) is 30.3 Å². The standard InChI is InChI=1S/C23H20ClFN4OS/c24-16-8-6-14(7-9-16)11-26-23(30)15-3-2-10-29(12-15)22-21-20(27-13-28-22)19-17(25)4-1-5-18(19)31-21/h1,4-9,13,15H,2-3,10-12H2,(H,26,30)/t15-/m1/s1. The van der Waals surface area contributed by atoms with E-state index in [0.717, 1.165) is 40.2 Å². The van der Waals surface area contributed by atoms with Gasteiger partial charge in [0.15, 0.2) is 0 Å². The predicted octanol–water partition coefficient (Wildman–Crippen LogP) is 5.17. The summed E-state index contributed by atoms with van der Waals surface area (Å²) in [4.78, 5) is 23.8.